The molecule has 0 heterocycles. The Labute approximate surface area is 93.4 Å². The summed E-state index contributed by atoms with van der Waals surface area (Å²) in [6.45, 7) is 6.97. The van der Waals surface area contributed by atoms with Gasteiger partial charge in [-0.25, -0.2) is 0 Å². The first-order valence-electron chi connectivity index (χ1n) is 5.71. The highest BCUT2D eigenvalue weighted by Crippen LogP contribution is 2.50. The molecular weight excluding hydrogens is 211 g/mol. The van der Waals surface area contributed by atoms with Crippen molar-refractivity contribution in [1.82, 2.24) is 0 Å². The van der Waals surface area contributed by atoms with Gasteiger partial charge in [0.1, 0.15) is 0 Å². The van der Waals surface area contributed by atoms with Crippen molar-refractivity contribution in [2.24, 2.45) is 0 Å². The van der Waals surface area contributed by atoms with Crippen molar-refractivity contribution >= 4 is 7.60 Å². The van der Waals surface area contributed by atoms with Crippen LogP contribution in [-0.4, -0.2) is 13.2 Å². The van der Waals surface area contributed by atoms with Crippen LogP contribution in [0.2, 0.25) is 0 Å². The highest BCUT2D eigenvalue weighted by molar-refractivity contribution is 7.57. The van der Waals surface area contributed by atoms with E-state index in [0.29, 0.717) is 13.2 Å². The molecule has 0 bridgehead atoms. The Kier molecular flexibility index (Phi) is 9.07. The fourth-order valence-electron chi connectivity index (χ4n) is 0.978. The van der Waals surface area contributed by atoms with Gasteiger partial charge in [0.25, 0.3) is 0 Å². The van der Waals surface area contributed by atoms with Gasteiger partial charge in [0.05, 0.1) is 13.2 Å². The van der Waals surface area contributed by atoms with Crippen LogP contribution < -0.4 is 0 Å². The Bertz CT molecular complexity index is 200. The molecule has 0 saturated carbocycles. The predicted molar refractivity (Wildman–Crippen MR) is 64.1 cm³/mol. The summed E-state index contributed by atoms with van der Waals surface area (Å²) in [5.74, 6) is 1.54. The molecular formula is C11H23O3P. The second-order valence-electron chi connectivity index (χ2n) is 3.40. The molecule has 3 nitrogen and oxygen atoms in total. The number of hydrogen-bond acceptors (Lipinski definition) is 3. The highest BCUT2D eigenvalue weighted by Gasteiger charge is 2.19. The second kappa shape index (κ2) is 9.14. The van der Waals surface area contributed by atoms with E-state index in [4.69, 9.17) is 9.05 Å². The van der Waals surface area contributed by atoms with Crippen molar-refractivity contribution in [3.63, 3.8) is 0 Å². The summed E-state index contributed by atoms with van der Waals surface area (Å²) >= 11 is 0. The average Bonchev–Trinajstić information content (AvgIpc) is 2.19. The number of rotatable bonds is 9. The third-order valence-electron chi connectivity index (χ3n) is 1.87. The van der Waals surface area contributed by atoms with Gasteiger partial charge < -0.3 is 9.05 Å². The maximum atomic E-state index is 12.0. The third-order valence-corrected chi connectivity index (χ3v) is 3.62. The zero-order valence-corrected chi connectivity index (χ0v) is 11.0. The summed E-state index contributed by atoms with van der Waals surface area (Å²) in [6.07, 6.45) is 5.62. The fraction of sp³-hybridized carbons (Fsp3) is 0.818. The summed E-state index contributed by atoms with van der Waals surface area (Å²) < 4.78 is 22.6. The number of hydrogen-bond donors (Lipinski definition) is 0. The van der Waals surface area contributed by atoms with Crippen molar-refractivity contribution in [1.29, 1.82) is 0 Å². The molecule has 15 heavy (non-hydrogen) atoms. The van der Waals surface area contributed by atoms with Crippen LogP contribution in [0.4, 0.5) is 0 Å². The lowest BCUT2D eigenvalue weighted by Gasteiger charge is -2.14. The zero-order chi connectivity index (χ0) is 11.6. The minimum absolute atomic E-state index is 0.504. The van der Waals surface area contributed by atoms with Crippen LogP contribution in [0.25, 0.3) is 0 Å². The van der Waals surface area contributed by atoms with E-state index in [0.717, 1.165) is 25.7 Å². The molecule has 0 unspecified atom stereocenters. The monoisotopic (exact) mass is 234 g/mol. The molecule has 0 saturated heterocycles. The van der Waals surface area contributed by atoms with Gasteiger partial charge in [-0.05, 0) is 19.8 Å². The molecule has 0 rings (SSSR count). The van der Waals surface area contributed by atoms with Gasteiger partial charge in [0, 0.05) is 5.82 Å². The molecule has 0 aliphatic carbocycles. The lowest BCUT2D eigenvalue weighted by atomic mass is 10.4. The van der Waals surface area contributed by atoms with Gasteiger partial charge in [-0.3, -0.25) is 4.57 Å². The van der Waals surface area contributed by atoms with Crippen molar-refractivity contribution in [2.75, 3.05) is 13.2 Å². The molecule has 0 aromatic heterocycles. The largest absolute Gasteiger partial charge is 0.353 e. The van der Waals surface area contributed by atoms with Crippen LogP contribution in [0, 0.1) is 0 Å². The van der Waals surface area contributed by atoms with E-state index in [1.54, 1.807) is 11.9 Å². The molecule has 4 heteroatoms. The van der Waals surface area contributed by atoms with Crippen molar-refractivity contribution in [3.05, 3.63) is 11.9 Å². The van der Waals surface area contributed by atoms with Gasteiger partial charge >= 0.3 is 7.60 Å². The normalized spacial score (nSPS) is 12.5. The van der Waals surface area contributed by atoms with Crippen LogP contribution in [-0.2, 0) is 13.6 Å². The molecule has 0 amide bonds. The SMILES string of the molecule is CC=CP(=O)(OCCCC)OCCCC. The van der Waals surface area contributed by atoms with Crippen LogP contribution in [0.15, 0.2) is 11.9 Å². The molecule has 0 aliphatic heterocycles. The zero-order valence-electron chi connectivity index (χ0n) is 10.1. The van der Waals surface area contributed by atoms with Crippen molar-refractivity contribution in [2.45, 2.75) is 46.5 Å². The molecule has 90 valence electrons. The van der Waals surface area contributed by atoms with E-state index in [-0.39, 0.29) is 0 Å². The Balaban J connectivity index is 4.01. The Hall–Kier alpha value is -0.110. The molecule has 0 radical (unpaired) electrons. The first-order chi connectivity index (χ1) is 7.18. The lowest BCUT2D eigenvalue weighted by molar-refractivity contribution is 0.207. The molecule has 0 aliphatic rings. The van der Waals surface area contributed by atoms with E-state index in [2.05, 4.69) is 13.8 Å². The summed E-state index contributed by atoms with van der Waals surface area (Å²) in [7, 11) is -2.96. The van der Waals surface area contributed by atoms with Crippen LogP contribution in [0.3, 0.4) is 0 Å². The van der Waals surface area contributed by atoms with E-state index in [1.165, 1.54) is 0 Å². The van der Waals surface area contributed by atoms with Crippen LogP contribution >= 0.6 is 7.60 Å². The Morgan fingerprint density at radius 1 is 1.07 bits per heavy atom. The van der Waals surface area contributed by atoms with E-state index < -0.39 is 7.60 Å². The van der Waals surface area contributed by atoms with E-state index >= 15 is 0 Å². The first-order valence-corrected chi connectivity index (χ1v) is 7.32. The maximum absolute atomic E-state index is 12.0. The minimum atomic E-state index is -2.96. The molecule has 0 fully saturated rings. The van der Waals surface area contributed by atoms with Crippen LogP contribution in [0.1, 0.15) is 46.5 Å². The predicted octanol–water partition coefficient (Wildman–Crippen LogP) is 4.35. The van der Waals surface area contributed by atoms with Crippen LogP contribution in [0.5, 0.6) is 0 Å². The maximum Gasteiger partial charge on any atom is 0.353 e. The second-order valence-corrected chi connectivity index (χ2v) is 5.29. The third kappa shape index (κ3) is 7.78. The lowest BCUT2D eigenvalue weighted by Crippen LogP contribution is -1.97. The van der Waals surface area contributed by atoms with E-state index in [9.17, 15) is 4.57 Å². The molecule has 0 spiro atoms. The molecule has 0 N–H and O–H groups in total. The summed E-state index contributed by atoms with van der Waals surface area (Å²) in [4.78, 5) is 0. The molecule has 0 aromatic rings. The van der Waals surface area contributed by atoms with Crippen molar-refractivity contribution in [3.8, 4) is 0 Å². The molecule has 0 atom stereocenters. The highest BCUT2D eigenvalue weighted by atomic mass is 31.2. The topological polar surface area (TPSA) is 35.5 Å². The van der Waals surface area contributed by atoms with Gasteiger partial charge in [-0.1, -0.05) is 32.8 Å². The van der Waals surface area contributed by atoms with E-state index in [1.807, 2.05) is 6.92 Å². The van der Waals surface area contributed by atoms with Crippen molar-refractivity contribution < 1.29 is 13.6 Å². The van der Waals surface area contributed by atoms with Gasteiger partial charge in [0.2, 0.25) is 0 Å². The van der Waals surface area contributed by atoms with Gasteiger partial charge in [-0.15, -0.1) is 0 Å². The number of allylic oxidation sites excluding steroid dienone is 1. The Morgan fingerprint density at radius 2 is 1.53 bits per heavy atom. The Morgan fingerprint density at radius 3 is 1.87 bits per heavy atom. The standard InChI is InChI=1S/C11H23O3P/c1-4-7-9-13-15(12,11-6-3)14-10-8-5-2/h6,11H,4-5,7-10H2,1-3H3. The summed E-state index contributed by atoms with van der Waals surface area (Å²) in [5, 5.41) is 0. The smallest absolute Gasteiger partial charge is 0.306 e. The quantitative estimate of drug-likeness (QED) is 0.439. The minimum Gasteiger partial charge on any atom is -0.306 e. The first kappa shape index (κ1) is 14.9. The van der Waals surface area contributed by atoms with Gasteiger partial charge in [0.15, 0.2) is 0 Å². The summed E-state index contributed by atoms with van der Waals surface area (Å²) in [6, 6.07) is 0. The summed E-state index contributed by atoms with van der Waals surface area (Å²) in [5.41, 5.74) is 0. The van der Waals surface area contributed by atoms with Gasteiger partial charge in [-0.2, -0.15) is 0 Å². The fourth-order valence-corrected chi connectivity index (χ4v) is 2.36. The number of unbranched alkanes of at least 4 members (excludes halogenated alkanes) is 2. The average molecular weight is 234 g/mol. The molecule has 0 aromatic carbocycles.